The third-order valence-electron chi connectivity index (χ3n) is 7.34. The zero-order valence-corrected chi connectivity index (χ0v) is 21.4. The maximum absolute atomic E-state index is 13.1. The van der Waals surface area contributed by atoms with Crippen LogP contribution in [0, 0.1) is 0 Å². The molecular formula is C32H44O2. The second-order valence-electron chi connectivity index (χ2n) is 10.1. The molecular weight excluding hydrogens is 416 g/mol. The molecule has 2 nitrogen and oxygen atoms in total. The lowest BCUT2D eigenvalue weighted by Crippen LogP contribution is -2.22. The van der Waals surface area contributed by atoms with Crippen LogP contribution in [0.2, 0.25) is 0 Å². The molecule has 0 spiro atoms. The summed E-state index contributed by atoms with van der Waals surface area (Å²) in [5.74, 6) is -0.00341. The average molecular weight is 461 g/mol. The standard InChI is InChI=1S/C32H44O2/c1-2-3-4-5-6-7-8-9-10-11-12-13-14-15-16-17-21-26-22-20-25-29-30(26)32(34)28-24-19-18-23-27(28)31(29)33/h18-20,22-25H,2-17,21H2,1H3. The third kappa shape index (κ3) is 7.65. The van der Waals surface area contributed by atoms with Gasteiger partial charge in [0.15, 0.2) is 11.6 Å². The molecule has 0 heterocycles. The minimum Gasteiger partial charge on any atom is -0.289 e. The van der Waals surface area contributed by atoms with E-state index in [0.29, 0.717) is 22.3 Å². The maximum Gasteiger partial charge on any atom is 0.194 e. The number of aryl methyl sites for hydroxylation is 1. The molecule has 34 heavy (non-hydrogen) atoms. The maximum atomic E-state index is 13.1. The predicted molar refractivity (Wildman–Crippen MR) is 143 cm³/mol. The smallest absolute Gasteiger partial charge is 0.194 e. The Hall–Kier alpha value is -2.22. The summed E-state index contributed by atoms with van der Waals surface area (Å²) < 4.78 is 0. The molecule has 184 valence electrons. The molecule has 0 fully saturated rings. The molecule has 0 saturated carbocycles. The number of hydrogen-bond acceptors (Lipinski definition) is 2. The van der Waals surface area contributed by atoms with Gasteiger partial charge >= 0.3 is 0 Å². The molecule has 0 amide bonds. The Bertz CT molecular complexity index is 911. The van der Waals surface area contributed by atoms with Gasteiger partial charge in [-0.3, -0.25) is 9.59 Å². The number of carbonyl (C=O) groups excluding carboxylic acids is 2. The van der Waals surface area contributed by atoms with Crippen LogP contribution in [0.3, 0.4) is 0 Å². The molecule has 3 rings (SSSR count). The van der Waals surface area contributed by atoms with Gasteiger partial charge in [0.05, 0.1) is 0 Å². The van der Waals surface area contributed by atoms with E-state index in [0.717, 1.165) is 18.4 Å². The minimum absolute atomic E-state index is 0.0114. The van der Waals surface area contributed by atoms with E-state index in [2.05, 4.69) is 6.92 Å². The first-order valence-corrected chi connectivity index (χ1v) is 14.0. The van der Waals surface area contributed by atoms with Crippen LogP contribution in [0.1, 0.15) is 147 Å². The van der Waals surface area contributed by atoms with E-state index in [1.165, 1.54) is 96.3 Å². The van der Waals surface area contributed by atoms with Gasteiger partial charge in [-0.15, -0.1) is 0 Å². The van der Waals surface area contributed by atoms with Crippen molar-refractivity contribution in [2.45, 2.75) is 116 Å². The van der Waals surface area contributed by atoms with E-state index in [1.807, 2.05) is 30.3 Å². The number of hydrogen-bond donors (Lipinski definition) is 0. The fraction of sp³-hybridized carbons (Fsp3) is 0.562. The number of unbranched alkanes of at least 4 members (excludes halogenated alkanes) is 15. The number of ketones is 2. The second-order valence-corrected chi connectivity index (χ2v) is 10.1. The van der Waals surface area contributed by atoms with Crippen LogP contribution < -0.4 is 0 Å². The van der Waals surface area contributed by atoms with Crippen LogP contribution in [0.25, 0.3) is 0 Å². The summed E-state index contributed by atoms with van der Waals surface area (Å²) in [6.45, 7) is 2.28. The molecule has 0 atom stereocenters. The zero-order chi connectivity index (χ0) is 24.0. The van der Waals surface area contributed by atoms with Crippen LogP contribution in [-0.4, -0.2) is 11.6 Å². The molecule has 0 unspecified atom stereocenters. The summed E-state index contributed by atoms with van der Waals surface area (Å²) in [4.78, 5) is 26.0. The van der Waals surface area contributed by atoms with Gasteiger partial charge in [0, 0.05) is 22.3 Å². The summed E-state index contributed by atoms with van der Waals surface area (Å²) in [5, 5.41) is 0. The lowest BCUT2D eigenvalue weighted by Gasteiger charge is -2.20. The molecule has 0 saturated heterocycles. The van der Waals surface area contributed by atoms with Crippen molar-refractivity contribution in [1.29, 1.82) is 0 Å². The van der Waals surface area contributed by atoms with Crippen LogP contribution >= 0.6 is 0 Å². The van der Waals surface area contributed by atoms with Crippen molar-refractivity contribution in [2.24, 2.45) is 0 Å². The molecule has 0 bridgehead atoms. The van der Waals surface area contributed by atoms with Crippen molar-refractivity contribution >= 4 is 11.6 Å². The fourth-order valence-electron chi connectivity index (χ4n) is 5.29. The van der Waals surface area contributed by atoms with E-state index >= 15 is 0 Å². The Kier molecular flexibility index (Phi) is 11.6. The lowest BCUT2D eigenvalue weighted by molar-refractivity contribution is 0.0978. The highest BCUT2D eigenvalue weighted by atomic mass is 16.1. The normalized spacial score (nSPS) is 12.6. The Labute approximate surface area is 207 Å². The summed E-state index contributed by atoms with van der Waals surface area (Å²) in [6, 6.07) is 13.0. The Morgan fingerprint density at radius 3 is 1.44 bits per heavy atom. The van der Waals surface area contributed by atoms with Gasteiger partial charge in [-0.2, -0.15) is 0 Å². The molecule has 2 aromatic carbocycles. The molecule has 0 aromatic heterocycles. The SMILES string of the molecule is CCCCCCCCCCCCCCCCCCc1cccc2c1C(=O)c1ccccc1C2=O. The fourth-order valence-corrected chi connectivity index (χ4v) is 5.29. The number of fused-ring (bicyclic) bond motifs is 2. The van der Waals surface area contributed by atoms with Gasteiger partial charge < -0.3 is 0 Å². The third-order valence-corrected chi connectivity index (χ3v) is 7.34. The molecule has 2 aromatic rings. The van der Waals surface area contributed by atoms with Gasteiger partial charge in [-0.25, -0.2) is 0 Å². The first kappa shape index (κ1) is 26.4. The Morgan fingerprint density at radius 1 is 0.471 bits per heavy atom. The van der Waals surface area contributed by atoms with Crippen LogP contribution in [0.4, 0.5) is 0 Å². The highest BCUT2D eigenvalue weighted by Gasteiger charge is 2.30. The van der Waals surface area contributed by atoms with E-state index in [4.69, 9.17) is 0 Å². The summed E-state index contributed by atoms with van der Waals surface area (Å²) >= 11 is 0. The number of rotatable bonds is 17. The summed E-state index contributed by atoms with van der Waals surface area (Å²) in [5.41, 5.74) is 3.36. The highest BCUT2D eigenvalue weighted by Crippen LogP contribution is 2.30. The van der Waals surface area contributed by atoms with Gasteiger partial charge in [0.1, 0.15) is 0 Å². The van der Waals surface area contributed by atoms with E-state index < -0.39 is 0 Å². The van der Waals surface area contributed by atoms with Crippen molar-refractivity contribution in [3.8, 4) is 0 Å². The second kappa shape index (κ2) is 14.9. The van der Waals surface area contributed by atoms with Crippen molar-refractivity contribution in [2.75, 3.05) is 0 Å². The molecule has 0 aliphatic heterocycles. The molecule has 0 radical (unpaired) electrons. The van der Waals surface area contributed by atoms with Crippen molar-refractivity contribution in [3.05, 3.63) is 70.3 Å². The zero-order valence-electron chi connectivity index (χ0n) is 21.4. The minimum atomic E-state index is -0.0148. The van der Waals surface area contributed by atoms with Crippen LogP contribution in [0.5, 0.6) is 0 Å². The van der Waals surface area contributed by atoms with Crippen molar-refractivity contribution in [3.63, 3.8) is 0 Å². The quantitative estimate of drug-likeness (QED) is 0.188. The first-order chi connectivity index (χ1) is 16.7. The molecule has 1 aliphatic carbocycles. The van der Waals surface area contributed by atoms with Gasteiger partial charge in [0.2, 0.25) is 0 Å². The average Bonchev–Trinajstić information content (AvgIpc) is 2.87. The Balaban J connectivity index is 1.26. The molecule has 2 heteroatoms. The number of carbonyl (C=O) groups is 2. The van der Waals surface area contributed by atoms with E-state index in [9.17, 15) is 9.59 Å². The van der Waals surface area contributed by atoms with E-state index in [1.54, 1.807) is 12.1 Å². The summed E-state index contributed by atoms with van der Waals surface area (Å²) in [6.07, 6.45) is 22.6. The van der Waals surface area contributed by atoms with Crippen molar-refractivity contribution in [1.82, 2.24) is 0 Å². The first-order valence-electron chi connectivity index (χ1n) is 14.0. The van der Waals surface area contributed by atoms with Gasteiger partial charge in [-0.1, -0.05) is 146 Å². The molecule has 1 aliphatic rings. The van der Waals surface area contributed by atoms with Crippen molar-refractivity contribution < 1.29 is 9.59 Å². The molecule has 0 N–H and O–H groups in total. The van der Waals surface area contributed by atoms with E-state index in [-0.39, 0.29) is 11.6 Å². The van der Waals surface area contributed by atoms with Crippen LogP contribution in [0.15, 0.2) is 42.5 Å². The largest absolute Gasteiger partial charge is 0.289 e. The van der Waals surface area contributed by atoms with Gasteiger partial charge in [0.25, 0.3) is 0 Å². The summed E-state index contributed by atoms with van der Waals surface area (Å²) in [7, 11) is 0. The van der Waals surface area contributed by atoms with Crippen LogP contribution in [-0.2, 0) is 6.42 Å². The Morgan fingerprint density at radius 2 is 0.912 bits per heavy atom. The van der Waals surface area contributed by atoms with Gasteiger partial charge in [-0.05, 0) is 18.4 Å². The highest BCUT2D eigenvalue weighted by molar-refractivity contribution is 6.28. The topological polar surface area (TPSA) is 34.1 Å². The number of benzene rings is 2. The predicted octanol–water partition coefficient (Wildman–Crippen LogP) is 9.27. The lowest BCUT2D eigenvalue weighted by atomic mass is 9.81. The monoisotopic (exact) mass is 460 g/mol.